The molecule has 0 amide bonds. The Balaban J connectivity index is 2.20. The first kappa shape index (κ1) is 14.4. The quantitative estimate of drug-likeness (QED) is 0.885. The maximum atomic E-state index is 4.90. The van der Waals surface area contributed by atoms with E-state index in [0.717, 1.165) is 6.54 Å². The number of rotatable bonds is 5. The van der Waals surface area contributed by atoms with Crippen LogP contribution < -0.4 is 5.32 Å². The molecule has 4 heteroatoms. The molecule has 18 heavy (non-hydrogen) atoms. The summed E-state index contributed by atoms with van der Waals surface area (Å²) in [6.45, 7) is 7.77. The minimum Gasteiger partial charge on any atom is -0.305 e. The highest BCUT2D eigenvalue weighted by atomic mass is 32.2. The molecular weight excluding hydrogens is 260 g/mol. The topological polar surface area (TPSA) is 24.9 Å². The van der Waals surface area contributed by atoms with E-state index in [1.54, 1.807) is 0 Å². The Morgan fingerprint density at radius 2 is 2.33 bits per heavy atom. The average Bonchev–Trinajstić information content (AvgIpc) is 2.88. The third-order valence-electron chi connectivity index (χ3n) is 3.48. The minimum atomic E-state index is 0.150. The number of hydrogen-bond donors (Lipinski definition) is 1. The summed E-state index contributed by atoms with van der Waals surface area (Å²) >= 11 is 3.92. The van der Waals surface area contributed by atoms with Gasteiger partial charge in [-0.3, -0.25) is 0 Å². The van der Waals surface area contributed by atoms with Crippen LogP contribution in [0.1, 0.15) is 56.7 Å². The fourth-order valence-corrected chi connectivity index (χ4v) is 4.82. The van der Waals surface area contributed by atoms with Crippen LogP contribution >= 0.6 is 23.1 Å². The molecule has 1 unspecified atom stereocenters. The van der Waals surface area contributed by atoms with Crippen LogP contribution in [0.3, 0.4) is 0 Å². The van der Waals surface area contributed by atoms with Crippen LogP contribution in [0.15, 0.2) is 5.38 Å². The Hall–Kier alpha value is -0.0600. The lowest BCUT2D eigenvalue weighted by atomic mass is 9.95. The van der Waals surface area contributed by atoms with Crippen LogP contribution in [-0.2, 0) is 5.54 Å². The highest BCUT2D eigenvalue weighted by molar-refractivity contribution is 7.99. The third-order valence-corrected chi connectivity index (χ3v) is 5.82. The van der Waals surface area contributed by atoms with Gasteiger partial charge >= 0.3 is 0 Å². The van der Waals surface area contributed by atoms with Crippen LogP contribution in [0.25, 0.3) is 0 Å². The van der Waals surface area contributed by atoms with Gasteiger partial charge in [0.1, 0.15) is 5.01 Å². The molecule has 0 radical (unpaired) electrons. The first-order valence-corrected chi connectivity index (χ1v) is 9.00. The molecule has 0 saturated carbocycles. The van der Waals surface area contributed by atoms with E-state index in [4.69, 9.17) is 4.98 Å². The first-order chi connectivity index (χ1) is 8.68. The van der Waals surface area contributed by atoms with E-state index < -0.39 is 0 Å². The second-order valence-electron chi connectivity index (χ2n) is 5.40. The van der Waals surface area contributed by atoms with Gasteiger partial charge in [0.2, 0.25) is 0 Å². The molecule has 0 aliphatic carbocycles. The van der Waals surface area contributed by atoms with Crippen molar-refractivity contribution in [3.8, 4) is 0 Å². The fraction of sp³-hybridized carbons (Fsp3) is 0.786. The summed E-state index contributed by atoms with van der Waals surface area (Å²) in [6, 6.07) is 0. The number of aromatic nitrogens is 1. The van der Waals surface area contributed by atoms with E-state index in [-0.39, 0.29) is 5.54 Å². The van der Waals surface area contributed by atoms with E-state index in [9.17, 15) is 0 Å². The van der Waals surface area contributed by atoms with E-state index in [0.29, 0.717) is 5.92 Å². The number of thiazole rings is 1. The Kier molecular flexibility index (Phi) is 5.10. The zero-order valence-corrected chi connectivity index (χ0v) is 13.3. The Bertz CT molecular complexity index is 368. The van der Waals surface area contributed by atoms with Crippen molar-refractivity contribution in [3.05, 3.63) is 16.1 Å². The molecule has 2 heterocycles. The second kappa shape index (κ2) is 6.40. The second-order valence-corrected chi connectivity index (χ2v) is 7.36. The highest BCUT2D eigenvalue weighted by Crippen LogP contribution is 2.37. The van der Waals surface area contributed by atoms with Gasteiger partial charge in [0, 0.05) is 11.1 Å². The maximum Gasteiger partial charge on any atom is 0.114 e. The Labute approximate surface area is 119 Å². The number of thioether (sulfide) groups is 1. The summed E-state index contributed by atoms with van der Waals surface area (Å²) in [5, 5.41) is 7.34. The number of hydrogen-bond acceptors (Lipinski definition) is 4. The van der Waals surface area contributed by atoms with Crippen molar-refractivity contribution >= 4 is 23.1 Å². The number of nitrogens with one attached hydrogen (secondary N) is 1. The van der Waals surface area contributed by atoms with E-state index in [1.165, 1.54) is 41.5 Å². The largest absolute Gasteiger partial charge is 0.305 e. The smallest absolute Gasteiger partial charge is 0.114 e. The summed E-state index contributed by atoms with van der Waals surface area (Å²) < 4.78 is 0. The molecule has 1 N–H and O–H groups in total. The van der Waals surface area contributed by atoms with Gasteiger partial charge in [-0.15, -0.1) is 11.3 Å². The predicted octanol–water partition coefficient (Wildman–Crippen LogP) is 3.99. The van der Waals surface area contributed by atoms with Gasteiger partial charge in [0.05, 0.1) is 11.2 Å². The molecular formula is C14H24N2S2. The van der Waals surface area contributed by atoms with Crippen LogP contribution in [0, 0.1) is 0 Å². The minimum absolute atomic E-state index is 0.150. The van der Waals surface area contributed by atoms with Gasteiger partial charge in [0.15, 0.2) is 0 Å². The normalized spacial score (nSPS) is 24.7. The van der Waals surface area contributed by atoms with Gasteiger partial charge in [-0.1, -0.05) is 20.8 Å². The zero-order valence-electron chi connectivity index (χ0n) is 11.7. The number of nitrogens with zero attached hydrogens (tertiary/aromatic N) is 1. The van der Waals surface area contributed by atoms with Crippen LogP contribution in [0.4, 0.5) is 0 Å². The summed E-state index contributed by atoms with van der Waals surface area (Å²) in [7, 11) is 0. The van der Waals surface area contributed by atoms with Gasteiger partial charge in [-0.05, 0) is 37.5 Å². The first-order valence-electron chi connectivity index (χ1n) is 6.96. The monoisotopic (exact) mass is 284 g/mol. The molecule has 1 fully saturated rings. The maximum absolute atomic E-state index is 4.90. The SMILES string of the molecule is CCCNC1(c2nc(C(C)C)cs2)CCCSC1. The van der Waals surface area contributed by atoms with Crippen molar-refractivity contribution in [1.82, 2.24) is 10.3 Å². The lowest BCUT2D eigenvalue weighted by molar-refractivity contribution is 0.336. The molecule has 1 aromatic rings. The van der Waals surface area contributed by atoms with Crippen molar-refractivity contribution in [2.45, 2.75) is 51.5 Å². The van der Waals surface area contributed by atoms with E-state index >= 15 is 0 Å². The van der Waals surface area contributed by atoms with E-state index in [2.05, 4.69) is 43.2 Å². The molecule has 1 saturated heterocycles. The molecule has 0 spiro atoms. The van der Waals surface area contributed by atoms with E-state index in [1.807, 2.05) is 11.3 Å². The summed E-state index contributed by atoms with van der Waals surface area (Å²) in [5.41, 5.74) is 1.40. The van der Waals surface area contributed by atoms with Crippen LogP contribution in [-0.4, -0.2) is 23.0 Å². The van der Waals surface area contributed by atoms with Gasteiger partial charge < -0.3 is 5.32 Å². The Morgan fingerprint density at radius 1 is 1.50 bits per heavy atom. The molecule has 0 aromatic carbocycles. The molecule has 1 atom stereocenters. The average molecular weight is 284 g/mol. The highest BCUT2D eigenvalue weighted by Gasteiger charge is 2.36. The molecule has 1 aromatic heterocycles. The molecule has 102 valence electrons. The van der Waals surface area contributed by atoms with Gasteiger partial charge in [0.25, 0.3) is 0 Å². The van der Waals surface area contributed by atoms with Crippen molar-refractivity contribution in [2.24, 2.45) is 0 Å². The van der Waals surface area contributed by atoms with Crippen LogP contribution in [0.2, 0.25) is 0 Å². The van der Waals surface area contributed by atoms with Crippen molar-refractivity contribution in [1.29, 1.82) is 0 Å². The standard InChI is InChI=1S/C14H24N2S2/c1-4-7-15-14(6-5-8-17-10-14)13-16-12(9-18-13)11(2)3/h9,11,15H,4-8,10H2,1-3H3. The van der Waals surface area contributed by atoms with Gasteiger partial charge in [-0.25, -0.2) is 4.98 Å². The lowest BCUT2D eigenvalue weighted by Gasteiger charge is -2.36. The van der Waals surface area contributed by atoms with Crippen molar-refractivity contribution in [3.63, 3.8) is 0 Å². The molecule has 1 aliphatic heterocycles. The van der Waals surface area contributed by atoms with Crippen molar-refractivity contribution in [2.75, 3.05) is 18.1 Å². The van der Waals surface area contributed by atoms with Crippen LogP contribution in [0.5, 0.6) is 0 Å². The molecule has 0 bridgehead atoms. The summed E-state index contributed by atoms with van der Waals surface area (Å²) in [4.78, 5) is 4.90. The van der Waals surface area contributed by atoms with Gasteiger partial charge in [-0.2, -0.15) is 11.8 Å². The lowest BCUT2D eigenvalue weighted by Crippen LogP contribution is -2.46. The fourth-order valence-electron chi connectivity index (χ4n) is 2.31. The summed E-state index contributed by atoms with van der Waals surface area (Å²) in [5.74, 6) is 3.02. The predicted molar refractivity (Wildman–Crippen MR) is 82.7 cm³/mol. The Morgan fingerprint density at radius 3 is 2.89 bits per heavy atom. The summed E-state index contributed by atoms with van der Waals surface area (Å²) in [6.07, 6.45) is 3.73. The third kappa shape index (κ3) is 3.09. The molecule has 2 nitrogen and oxygen atoms in total. The molecule has 1 aliphatic rings. The molecule has 2 rings (SSSR count). The zero-order chi connectivity index (χ0) is 13.0. The van der Waals surface area contributed by atoms with Crippen molar-refractivity contribution < 1.29 is 0 Å².